The molecule has 2 aromatic carbocycles. The molecule has 1 N–H and O–H groups in total. The molecule has 0 radical (unpaired) electrons. The van der Waals surface area contributed by atoms with E-state index in [4.69, 9.17) is 11.6 Å². The molecule has 3 rings (SSSR count). The number of nitrogens with zero attached hydrogens (tertiary/aromatic N) is 2. The number of para-hydroxylation sites is 1. The molecular formula is C21H16ClF4N3O3. The van der Waals surface area contributed by atoms with Crippen LogP contribution in [0, 0.1) is 12.7 Å². The lowest BCUT2D eigenvalue weighted by Crippen LogP contribution is -2.35. The normalized spacial score (nSPS) is 12.3. The van der Waals surface area contributed by atoms with Crippen LogP contribution in [0.2, 0.25) is 5.02 Å². The Hall–Kier alpha value is -3.40. The van der Waals surface area contributed by atoms with Crippen LogP contribution in [-0.2, 0) is 20.9 Å². The minimum Gasteiger partial charge on any atom is -0.440 e. The maximum Gasteiger partial charge on any atom is 0.490 e. The summed E-state index contributed by atoms with van der Waals surface area (Å²) in [6.45, 7) is 1.29. The van der Waals surface area contributed by atoms with Gasteiger partial charge in [-0.05, 0) is 36.8 Å². The quantitative estimate of drug-likeness (QED) is 0.428. The van der Waals surface area contributed by atoms with Gasteiger partial charge in [0, 0.05) is 22.8 Å². The van der Waals surface area contributed by atoms with Crippen LogP contribution in [0.5, 0.6) is 0 Å². The van der Waals surface area contributed by atoms with E-state index in [-0.39, 0.29) is 17.1 Å². The topological polar surface area (TPSA) is 73.2 Å². The fourth-order valence-corrected chi connectivity index (χ4v) is 3.12. The molecule has 0 aliphatic rings. The molecule has 1 heterocycles. The zero-order valence-corrected chi connectivity index (χ0v) is 17.2. The summed E-state index contributed by atoms with van der Waals surface area (Å²) in [6.07, 6.45) is -6.08. The maximum absolute atomic E-state index is 13.2. The Morgan fingerprint density at radius 2 is 1.88 bits per heavy atom. The molecule has 0 fully saturated rings. The molecule has 0 spiro atoms. The predicted octanol–water partition coefficient (Wildman–Crippen LogP) is 4.44. The fraction of sp³-hybridized carbons (Fsp3) is 0.190. The summed E-state index contributed by atoms with van der Waals surface area (Å²) in [5, 5.41) is 6.48. The number of amides is 1. The molecule has 6 nitrogen and oxygen atoms in total. The van der Waals surface area contributed by atoms with Gasteiger partial charge in [0.2, 0.25) is 6.10 Å². The summed E-state index contributed by atoms with van der Waals surface area (Å²) in [5.74, 6) is -4.14. The first kappa shape index (κ1) is 23.3. The van der Waals surface area contributed by atoms with E-state index >= 15 is 0 Å². The molecule has 0 aliphatic heterocycles. The van der Waals surface area contributed by atoms with E-state index in [0.717, 1.165) is 18.3 Å². The SMILES string of the molecule is Cc1c(C(OC(=O)C(F)(F)F)C(=O)NCc2ccc(F)cc2Cl)cnn1-c1ccccc1. The van der Waals surface area contributed by atoms with Crippen LogP contribution in [0.4, 0.5) is 17.6 Å². The molecule has 0 bridgehead atoms. The second-order valence-corrected chi connectivity index (χ2v) is 7.08. The van der Waals surface area contributed by atoms with Crippen molar-refractivity contribution in [1.82, 2.24) is 15.1 Å². The lowest BCUT2D eigenvalue weighted by molar-refractivity contribution is -0.205. The molecule has 1 amide bonds. The molecule has 0 aliphatic carbocycles. The Labute approximate surface area is 184 Å². The Bertz CT molecular complexity index is 1130. The summed E-state index contributed by atoms with van der Waals surface area (Å²) in [6, 6.07) is 12.1. The number of carbonyl (C=O) groups is 2. The van der Waals surface area contributed by atoms with Crippen molar-refractivity contribution in [3.05, 3.63) is 82.4 Å². The van der Waals surface area contributed by atoms with Crippen molar-refractivity contribution < 1.29 is 31.9 Å². The van der Waals surface area contributed by atoms with Gasteiger partial charge in [-0.15, -0.1) is 0 Å². The van der Waals surface area contributed by atoms with Crippen molar-refractivity contribution in [3.63, 3.8) is 0 Å². The van der Waals surface area contributed by atoms with Gasteiger partial charge in [-0.25, -0.2) is 13.9 Å². The van der Waals surface area contributed by atoms with Crippen molar-refractivity contribution in [2.75, 3.05) is 0 Å². The van der Waals surface area contributed by atoms with Crippen molar-refractivity contribution in [3.8, 4) is 5.69 Å². The van der Waals surface area contributed by atoms with Gasteiger partial charge in [-0.1, -0.05) is 35.9 Å². The first-order valence-electron chi connectivity index (χ1n) is 9.17. The van der Waals surface area contributed by atoms with E-state index in [1.807, 2.05) is 0 Å². The monoisotopic (exact) mass is 469 g/mol. The third kappa shape index (κ3) is 5.25. The lowest BCUT2D eigenvalue weighted by Gasteiger charge is -2.19. The van der Waals surface area contributed by atoms with Crippen LogP contribution in [0.1, 0.15) is 22.9 Å². The zero-order valence-electron chi connectivity index (χ0n) is 16.5. The molecule has 1 unspecified atom stereocenters. The number of carbonyl (C=O) groups excluding carboxylic acids is 2. The average molecular weight is 470 g/mol. The van der Waals surface area contributed by atoms with E-state index in [2.05, 4.69) is 15.2 Å². The number of hydrogen-bond donors (Lipinski definition) is 1. The van der Waals surface area contributed by atoms with Crippen LogP contribution >= 0.6 is 11.6 Å². The van der Waals surface area contributed by atoms with Gasteiger partial charge in [0.05, 0.1) is 11.9 Å². The minimum absolute atomic E-state index is 0.0159. The van der Waals surface area contributed by atoms with Gasteiger partial charge in [0.15, 0.2) is 0 Å². The van der Waals surface area contributed by atoms with Gasteiger partial charge in [-0.2, -0.15) is 18.3 Å². The molecule has 168 valence electrons. The highest BCUT2D eigenvalue weighted by molar-refractivity contribution is 6.31. The number of halogens is 5. The first-order chi connectivity index (χ1) is 15.1. The standard InChI is InChI=1S/C21H16ClF4N3O3/c1-12-16(11-28-29(12)15-5-3-2-4-6-15)18(32-20(31)21(24,25)26)19(30)27-10-13-7-8-14(23)9-17(13)22/h2-9,11,18H,10H2,1H3,(H,27,30). The number of nitrogens with one attached hydrogen (secondary N) is 1. The Kier molecular flexibility index (Phi) is 6.83. The highest BCUT2D eigenvalue weighted by Crippen LogP contribution is 2.28. The van der Waals surface area contributed by atoms with E-state index in [1.165, 1.54) is 17.7 Å². The summed E-state index contributed by atoms with van der Waals surface area (Å²) < 4.78 is 57.6. The van der Waals surface area contributed by atoms with Crippen LogP contribution in [0.15, 0.2) is 54.7 Å². The Balaban J connectivity index is 1.89. The molecule has 32 heavy (non-hydrogen) atoms. The molecule has 0 saturated carbocycles. The van der Waals surface area contributed by atoms with Crippen LogP contribution < -0.4 is 5.32 Å². The molecule has 3 aromatic rings. The lowest BCUT2D eigenvalue weighted by atomic mass is 10.1. The van der Waals surface area contributed by atoms with Crippen molar-refractivity contribution in [2.45, 2.75) is 25.7 Å². The van der Waals surface area contributed by atoms with Gasteiger partial charge >= 0.3 is 12.1 Å². The van der Waals surface area contributed by atoms with Crippen molar-refractivity contribution in [2.24, 2.45) is 0 Å². The number of aromatic nitrogens is 2. The number of rotatable bonds is 6. The van der Waals surface area contributed by atoms with Crippen LogP contribution in [-0.4, -0.2) is 27.8 Å². The number of ether oxygens (including phenoxy) is 1. The second kappa shape index (κ2) is 9.39. The molecule has 11 heteroatoms. The van der Waals surface area contributed by atoms with Gasteiger partial charge in [0.25, 0.3) is 5.91 Å². The summed E-state index contributed by atoms with van der Waals surface area (Å²) in [5.41, 5.74) is 1.18. The summed E-state index contributed by atoms with van der Waals surface area (Å²) in [7, 11) is 0. The Morgan fingerprint density at radius 3 is 2.50 bits per heavy atom. The third-order valence-electron chi connectivity index (χ3n) is 4.49. The number of hydrogen-bond acceptors (Lipinski definition) is 4. The molecule has 1 aromatic heterocycles. The molecular weight excluding hydrogens is 454 g/mol. The smallest absolute Gasteiger partial charge is 0.440 e. The van der Waals surface area contributed by atoms with Gasteiger partial charge < -0.3 is 10.1 Å². The summed E-state index contributed by atoms with van der Waals surface area (Å²) >= 11 is 5.91. The largest absolute Gasteiger partial charge is 0.490 e. The highest BCUT2D eigenvalue weighted by atomic mass is 35.5. The van der Waals surface area contributed by atoms with Gasteiger partial charge in [-0.3, -0.25) is 4.79 Å². The number of esters is 1. The summed E-state index contributed by atoms with van der Waals surface area (Å²) in [4.78, 5) is 24.2. The second-order valence-electron chi connectivity index (χ2n) is 6.67. The third-order valence-corrected chi connectivity index (χ3v) is 4.85. The van der Waals surface area contributed by atoms with Crippen LogP contribution in [0.3, 0.4) is 0 Å². The minimum atomic E-state index is -5.30. The maximum atomic E-state index is 13.2. The van der Waals surface area contributed by atoms with Crippen LogP contribution in [0.25, 0.3) is 5.69 Å². The van der Waals surface area contributed by atoms with Gasteiger partial charge in [0.1, 0.15) is 5.82 Å². The van der Waals surface area contributed by atoms with E-state index in [9.17, 15) is 27.2 Å². The fourth-order valence-electron chi connectivity index (χ4n) is 2.88. The average Bonchev–Trinajstić information content (AvgIpc) is 3.12. The predicted molar refractivity (Wildman–Crippen MR) is 106 cm³/mol. The first-order valence-corrected chi connectivity index (χ1v) is 9.55. The molecule has 0 saturated heterocycles. The molecule has 1 atom stereocenters. The zero-order chi connectivity index (χ0) is 23.5. The van der Waals surface area contributed by atoms with E-state index < -0.39 is 30.0 Å². The van der Waals surface area contributed by atoms with Crippen molar-refractivity contribution >= 4 is 23.5 Å². The van der Waals surface area contributed by atoms with E-state index in [1.54, 1.807) is 30.3 Å². The van der Waals surface area contributed by atoms with E-state index in [0.29, 0.717) is 16.9 Å². The van der Waals surface area contributed by atoms with Crippen molar-refractivity contribution in [1.29, 1.82) is 0 Å². The number of benzene rings is 2. The Morgan fingerprint density at radius 1 is 1.19 bits per heavy atom. The highest BCUT2D eigenvalue weighted by Gasteiger charge is 2.44. The number of alkyl halides is 3.